The van der Waals surface area contributed by atoms with Crippen LogP contribution in [0.4, 0.5) is 11.4 Å². The highest BCUT2D eigenvalue weighted by molar-refractivity contribution is 5.97. The average Bonchev–Trinajstić information content (AvgIpc) is 2.51. The molecule has 0 aliphatic carbocycles. The molecule has 0 heterocycles. The molecule has 0 bridgehead atoms. The molecule has 132 valence electrons. The van der Waals surface area contributed by atoms with Gasteiger partial charge in [0.05, 0.1) is 10.5 Å². The Morgan fingerprint density at radius 1 is 1.25 bits per heavy atom. The van der Waals surface area contributed by atoms with Crippen LogP contribution < -0.4 is 5.32 Å². The molecule has 1 aromatic carbocycles. The molecule has 8 nitrogen and oxygen atoms in total. The summed E-state index contributed by atoms with van der Waals surface area (Å²) in [4.78, 5) is 36.3. The molecule has 0 saturated heterocycles. The van der Waals surface area contributed by atoms with Crippen LogP contribution in [0.15, 0.2) is 18.2 Å². The van der Waals surface area contributed by atoms with E-state index in [2.05, 4.69) is 5.32 Å². The third kappa shape index (κ3) is 4.68. The minimum atomic E-state index is -0.788. The number of esters is 1. The molecule has 0 spiro atoms. The summed E-state index contributed by atoms with van der Waals surface area (Å²) in [5.41, 5.74) is 0.182. The van der Waals surface area contributed by atoms with E-state index < -0.39 is 17.5 Å². The van der Waals surface area contributed by atoms with E-state index in [1.54, 1.807) is 11.9 Å². The lowest BCUT2D eigenvalue weighted by Crippen LogP contribution is -2.44. The third-order valence-electron chi connectivity index (χ3n) is 3.43. The monoisotopic (exact) mass is 337 g/mol. The van der Waals surface area contributed by atoms with Crippen LogP contribution in [0.3, 0.4) is 0 Å². The van der Waals surface area contributed by atoms with Crippen LogP contribution in [0.2, 0.25) is 0 Å². The number of hydrogen-bond donors (Lipinski definition) is 1. The highest BCUT2D eigenvalue weighted by Crippen LogP contribution is 2.22. The van der Waals surface area contributed by atoms with Crippen molar-refractivity contribution < 1.29 is 19.2 Å². The van der Waals surface area contributed by atoms with Gasteiger partial charge in [0.1, 0.15) is 0 Å². The Labute approximate surface area is 140 Å². The number of amides is 1. The van der Waals surface area contributed by atoms with E-state index in [4.69, 9.17) is 4.74 Å². The van der Waals surface area contributed by atoms with E-state index in [0.29, 0.717) is 5.69 Å². The van der Waals surface area contributed by atoms with Crippen LogP contribution in [0.25, 0.3) is 0 Å². The normalized spacial score (nSPS) is 10.6. The molecule has 0 aliphatic heterocycles. The zero-order valence-electron chi connectivity index (χ0n) is 14.5. The summed E-state index contributed by atoms with van der Waals surface area (Å²) in [7, 11) is 1.59. The lowest BCUT2D eigenvalue weighted by Gasteiger charge is -2.30. The van der Waals surface area contributed by atoms with Gasteiger partial charge in [0.2, 0.25) is 0 Å². The molecule has 0 fully saturated rings. The standard InChI is InChI=1S/C16H23N3O5/c1-10(2)18(11(3)4)15(20)9-24-16(21)13-8-12(19(22)23)6-7-14(13)17-5/h6-8,10-11,17H,9H2,1-5H3. The smallest absolute Gasteiger partial charge is 0.341 e. The number of nitrogens with zero attached hydrogens (tertiary/aromatic N) is 2. The van der Waals surface area contributed by atoms with Crippen molar-refractivity contribution in [2.24, 2.45) is 0 Å². The molecule has 24 heavy (non-hydrogen) atoms. The van der Waals surface area contributed by atoms with E-state index in [-0.39, 0.29) is 29.2 Å². The summed E-state index contributed by atoms with van der Waals surface area (Å²) in [5.74, 6) is -1.10. The van der Waals surface area contributed by atoms with Crippen molar-refractivity contribution in [1.29, 1.82) is 0 Å². The summed E-state index contributed by atoms with van der Waals surface area (Å²) in [5, 5.41) is 13.6. The van der Waals surface area contributed by atoms with Gasteiger partial charge in [0, 0.05) is 37.0 Å². The fourth-order valence-corrected chi connectivity index (χ4v) is 2.48. The van der Waals surface area contributed by atoms with E-state index >= 15 is 0 Å². The molecule has 1 N–H and O–H groups in total. The van der Waals surface area contributed by atoms with Crippen LogP contribution in [-0.4, -0.2) is 47.4 Å². The van der Waals surface area contributed by atoms with Crippen LogP contribution in [0.5, 0.6) is 0 Å². The SMILES string of the molecule is CNc1ccc([N+](=O)[O-])cc1C(=O)OCC(=O)N(C(C)C)C(C)C. The quantitative estimate of drug-likeness (QED) is 0.466. The average molecular weight is 337 g/mol. The maximum Gasteiger partial charge on any atom is 0.341 e. The predicted octanol–water partition coefficient (Wildman–Crippen LogP) is 2.44. The Hall–Kier alpha value is -2.64. The molecule has 0 aromatic heterocycles. The minimum absolute atomic E-state index is 0.0140. The van der Waals surface area contributed by atoms with Gasteiger partial charge in [-0.25, -0.2) is 4.79 Å². The second-order valence-corrected chi connectivity index (χ2v) is 5.80. The first kappa shape index (κ1) is 19.4. The zero-order valence-corrected chi connectivity index (χ0v) is 14.5. The molecular weight excluding hydrogens is 314 g/mol. The number of nitro benzene ring substituents is 1. The summed E-state index contributed by atoms with van der Waals surface area (Å²) < 4.78 is 5.06. The first-order valence-electron chi connectivity index (χ1n) is 7.63. The van der Waals surface area contributed by atoms with Crippen LogP contribution in [0, 0.1) is 10.1 Å². The molecule has 0 aliphatic rings. The predicted molar refractivity (Wildman–Crippen MR) is 90.0 cm³/mol. The van der Waals surface area contributed by atoms with Gasteiger partial charge in [-0.05, 0) is 33.8 Å². The number of carbonyl (C=O) groups excluding carboxylic acids is 2. The highest BCUT2D eigenvalue weighted by Gasteiger charge is 2.23. The van der Waals surface area contributed by atoms with E-state index in [9.17, 15) is 19.7 Å². The van der Waals surface area contributed by atoms with Gasteiger partial charge in [-0.2, -0.15) is 0 Å². The molecule has 1 aromatic rings. The van der Waals surface area contributed by atoms with E-state index in [0.717, 1.165) is 6.07 Å². The number of carbonyl (C=O) groups is 2. The Kier molecular flexibility index (Phi) is 6.69. The molecule has 0 unspecified atom stereocenters. The second-order valence-electron chi connectivity index (χ2n) is 5.80. The first-order chi connectivity index (χ1) is 11.2. The number of rotatable bonds is 7. The van der Waals surface area contributed by atoms with Gasteiger partial charge in [-0.1, -0.05) is 0 Å². The molecule has 0 radical (unpaired) electrons. The van der Waals surface area contributed by atoms with Gasteiger partial charge in [-0.3, -0.25) is 14.9 Å². The van der Waals surface area contributed by atoms with Crippen LogP contribution in [0.1, 0.15) is 38.1 Å². The number of benzene rings is 1. The topological polar surface area (TPSA) is 102 Å². The lowest BCUT2D eigenvalue weighted by atomic mass is 10.1. The number of anilines is 1. The van der Waals surface area contributed by atoms with Gasteiger partial charge in [-0.15, -0.1) is 0 Å². The first-order valence-corrected chi connectivity index (χ1v) is 7.63. The molecular formula is C16H23N3O5. The van der Waals surface area contributed by atoms with Crippen LogP contribution in [-0.2, 0) is 9.53 Å². The largest absolute Gasteiger partial charge is 0.452 e. The van der Waals surface area contributed by atoms with Gasteiger partial charge >= 0.3 is 5.97 Å². The van der Waals surface area contributed by atoms with Crippen molar-refractivity contribution >= 4 is 23.3 Å². The lowest BCUT2D eigenvalue weighted by molar-refractivity contribution is -0.384. The highest BCUT2D eigenvalue weighted by atomic mass is 16.6. The second kappa shape index (κ2) is 8.28. The Morgan fingerprint density at radius 2 is 1.83 bits per heavy atom. The minimum Gasteiger partial charge on any atom is -0.452 e. The van der Waals surface area contributed by atoms with Crippen molar-refractivity contribution in [3.8, 4) is 0 Å². The number of non-ortho nitro benzene ring substituents is 1. The summed E-state index contributed by atoms with van der Waals surface area (Å²) in [6.45, 7) is 7.08. The number of hydrogen-bond acceptors (Lipinski definition) is 6. The molecule has 0 saturated carbocycles. The maximum atomic E-state index is 12.2. The van der Waals surface area contributed by atoms with Crippen molar-refractivity contribution in [2.45, 2.75) is 39.8 Å². The summed E-state index contributed by atoms with van der Waals surface area (Å²) >= 11 is 0. The Balaban J connectivity index is 2.90. The Bertz CT molecular complexity index is 620. The maximum absolute atomic E-state index is 12.2. The fraction of sp³-hybridized carbons (Fsp3) is 0.500. The number of nitro groups is 1. The van der Waals surface area contributed by atoms with Crippen molar-refractivity contribution in [3.63, 3.8) is 0 Å². The summed E-state index contributed by atoms with van der Waals surface area (Å²) in [6, 6.07) is 3.78. The Morgan fingerprint density at radius 3 is 2.29 bits per heavy atom. The molecule has 0 atom stereocenters. The number of nitrogens with one attached hydrogen (secondary N) is 1. The molecule has 8 heteroatoms. The summed E-state index contributed by atoms with van der Waals surface area (Å²) in [6.07, 6.45) is 0. The number of ether oxygens (including phenoxy) is 1. The van der Waals surface area contributed by atoms with Gasteiger partial charge in [0.15, 0.2) is 6.61 Å². The van der Waals surface area contributed by atoms with Gasteiger partial charge in [0.25, 0.3) is 11.6 Å². The van der Waals surface area contributed by atoms with Crippen molar-refractivity contribution in [2.75, 3.05) is 19.0 Å². The fourth-order valence-electron chi connectivity index (χ4n) is 2.48. The van der Waals surface area contributed by atoms with Crippen molar-refractivity contribution in [1.82, 2.24) is 4.90 Å². The van der Waals surface area contributed by atoms with E-state index in [1.165, 1.54) is 12.1 Å². The van der Waals surface area contributed by atoms with Gasteiger partial charge < -0.3 is 15.0 Å². The third-order valence-corrected chi connectivity index (χ3v) is 3.43. The molecule has 1 rings (SSSR count). The zero-order chi connectivity index (χ0) is 18.4. The van der Waals surface area contributed by atoms with Crippen LogP contribution >= 0.6 is 0 Å². The van der Waals surface area contributed by atoms with E-state index in [1.807, 2.05) is 27.7 Å². The van der Waals surface area contributed by atoms with Crippen molar-refractivity contribution in [3.05, 3.63) is 33.9 Å². The molecule has 1 amide bonds.